The summed E-state index contributed by atoms with van der Waals surface area (Å²) in [6.45, 7) is 8.31. The maximum atomic E-state index is 12.6. The first-order chi connectivity index (χ1) is 8.70. The number of aliphatic hydroxyl groups excluding tert-OH is 1. The van der Waals surface area contributed by atoms with Crippen LogP contribution >= 0.6 is 23.5 Å². The average Bonchev–Trinajstić information content (AvgIpc) is 2.84. The van der Waals surface area contributed by atoms with Crippen LogP contribution in [0.4, 0.5) is 0 Å². The molecule has 18 heavy (non-hydrogen) atoms. The van der Waals surface area contributed by atoms with E-state index in [2.05, 4.69) is 13.2 Å². The van der Waals surface area contributed by atoms with Crippen molar-refractivity contribution in [2.75, 3.05) is 24.6 Å². The molecule has 3 nitrogen and oxygen atoms in total. The molecule has 0 aromatic heterocycles. The molecule has 1 aliphatic heterocycles. The summed E-state index contributed by atoms with van der Waals surface area (Å²) in [7, 11) is 0. The average molecular weight is 285 g/mol. The molecule has 0 atom stereocenters. The van der Waals surface area contributed by atoms with Crippen molar-refractivity contribution in [1.82, 2.24) is 4.90 Å². The largest absolute Gasteiger partial charge is 0.516 e. The Morgan fingerprint density at radius 1 is 1.28 bits per heavy atom. The quantitative estimate of drug-likeness (QED) is 0.577. The zero-order valence-electron chi connectivity index (χ0n) is 10.4. The van der Waals surface area contributed by atoms with Crippen molar-refractivity contribution in [3.63, 3.8) is 0 Å². The van der Waals surface area contributed by atoms with Crippen molar-refractivity contribution >= 4 is 29.4 Å². The molecule has 100 valence electrons. The maximum Gasteiger partial charge on any atom is 0.249 e. The van der Waals surface area contributed by atoms with E-state index in [0.717, 1.165) is 17.8 Å². The number of nitrogens with zero attached hydrogens (tertiary/aromatic N) is 1. The number of hydrogen-bond acceptors (Lipinski definition) is 4. The second-order valence-corrected chi connectivity index (χ2v) is 6.87. The highest BCUT2D eigenvalue weighted by atomic mass is 32.2. The summed E-state index contributed by atoms with van der Waals surface area (Å²) >= 11 is 3.38. The van der Waals surface area contributed by atoms with Crippen LogP contribution in [-0.4, -0.2) is 44.6 Å². The molecule has 0 unspecified atom stereocenters. The zero-order valence-corrected chi connectivity index (χ0v) is 12.0. The minimum Gasteiger partial charge on any atom is -0.516 e. The predicted octanol–water partition coefficient (Wildman–Crippen LogP) is 2.83. The second-order valence-electron chi connectivity index (χ2n) is 3.83. The molecule has 0 radical (unpaired) electrons. The van der Waals surface area contributed by atoms with Crippen LogP contribution in [0.1, 0.15) is 6.42 Å². The first-order valence-corrected chi connectivity index (χ1v) is 7.75. The minimum atomic E-state index is -0.436. The van der Waals surface area contributed by atoms with E-state index in [-0.39, 0.29) is 5.91 Å². The summed E-state index contributed by atoms with van der Waals surface area (Å²) in [5.41, 5.74) is 0. The number of allylic oxidation sites excluding steroid dienone is 1. The molecule has 0 aliphatic carbocycles. The Morgan fingerprint density at radius 2 is 1.94 bits per heavy atom. The summed E-state index contributed by atoms with van der Waals surface area (Å²) in [6.07, 6.45) is 6.70. The number of aliphatic hydroxyl groups is 1. The Balaban J connectivity index is 2.83. The number of carbonyl (C=O) groups is 1. The summed E-state index contributed by atoms with van der Waals surface area (Å²) in [6, 6.07) is 0. The van der Waals surface area contributed by atoms with E-state index < -0.39 is 4.08 Å². The van der Waals surface area contributed by atoms with E-state index in [9.17, 15) is 4.79 Å². The molecule has 1 saturated heterocycles. The Bertz CT molecular complexity index is 336. The van der Waals surface area contributed by atoms with E-state index in [1.807, 2.05) is 0 Å². The molecular formula is C13H19NO2S2. The molecule has 0 saturated carbocycles. The fraction of sp³-hybridized carbons (Fsp3) is 0.462. The van der Waals surface area contributed by atoms with E-state index in [1.165, 1.54) is 0 Å². The Morgan fingerprint density at radius 3 is 2.44 bits per heavy atom. The second kappa shape index (κ2) is 7.59. The van der Waals surface area contributed by atoms with Crippen molar-refractivity contribution in [3.8, 4) is 0 Å². The van der Waals surface area contributed by atoms with Gasteiger partial charge in [0.15, 0.2) is 0 Å². The number of rotatable bonds is 7. The minimum absolute atomic E-state index is 0.0906. The predicted molar refractivity (Wildman–Crippen MR) is 81.0 cm³/mol. The normalized spacial score (nSPS) is 17.8. The third-order valence-electron chi connectivity index (χ3n) is 2.56. The lowest BCUT2D eigenvalue weighted by molar-refractivity contribution is -0.130. The van der Waals surface area contributed by atoms with Gasteiger partial charge in [-0.15, -0.1) is 36.7 Å². The molecule has 1 heterocycles. The highest BCUT2D eigenvalue weighted by Crippen LogP contribution is 2.47. The van der Waals surface area contributed by atoms with Gasteiger partial charge in [-0.2, -0.15) is 0 Å². The highest BCUT2D eigenvalue weighted by Gasteiger charge is 2.43. The highest BCUT2D eigenvalue weighted by molar-refractivity contribution is 8.22. The molecule has 0 bridgehead atoms. The van der Waals surface area contributed by atoms with E-state index in [0.29, 0.717) is 19.5 Å². The summed E-state index contributed by atoms with van der Waals surface area (Å²) < 4.78 is -0.436. The molecule has 1 N–H and O–H groups in total. The number of thioether (sulfide) groups is 2. The number of hydrogen-bond donors (Lipinski definition) is 1. The molecule has 1 amide bonds. The summed E-state index contributed by atoms with van der Waals surface area (Å²) in [5, 5.41) is 8.73. The SMILES string of the molecule is C=CCN(CC=CO)C(=O)C1(CC=C)SCCS1. The van der Waals surface area contributed by atoms with Crippen LogP contribution in [0.3, 0.4) is 0 Å². The van der Waals surface area contributed by atoms with E-state index in [1.54, 1.807) is 46.7 Å². The van der Waals surface area contributed by atoms with Crippen LogP contribution in [0.25, 0.3) is 0 Å². The van der Waals surface area contributed by atoms with Crippen molar-refractivity contribution in [3.05, 3.63) is 37.6 Å². The van der Waals surface area contributed by atoms with Gasteiger partial charge < -0.3 is 10.0 Å². The fourth-order valence-corrected chi connectivity index (χ4v) is 4.92. The molecule has 0 aromatic rings. The van der Waals surface area contributed by atoms with Gasteiger partial charge in [0.2, 0.25) is 5.91 Å². The molecule has 1 fully saturated rings. The van der Waals surface area contributed by atoms with Gasteiger partial charge in [0.25, 0.3) is 0 Å². The lowest BCUT2D eigenvalue weighted by atomic mass is 10.2. The number of carbonyl (C=O) groups excluding carboxylic acids is 1. The zero-order chi connectivity index (χ0) is 13.4. The van der Waals surface area contributed by atoms with Crippen LogP contribution < -0.4 is 0 Å². The molecule has 1 aliphatic rings. The Hall–Kier alpha value is -0.810. The molecule has 1 rings (SSSR count). The van der Waals surface area contributed by atoms with Crippen LogP contribution in [0.15, 0.2) is 37.6 Å². The van der Waals surface area contributed by atoms with Gasteiger partial charge in [-0.3, -0.25) is 4.79 Å². The van der Waals surface area contributed by atoms with Gasteiger partial charge in [0, 0.05) is 24.6 Å². The smallest absolute Gasteiger partial charge is 0.249 e. The fourth-order valence-electron chi connectivity index (χ4n) is 1.78. The van der Waals surface area contributed by atoms with Gasteiger partial charge in [-0.25, -0.2) is 0 Å². The van der Waals surface area contributed by atoms with Gasteiger partial charge in [-0.1, -0.05) is 12.2 Å². The van der Waals surface area contributed by atoms with Crippen molar-refractivity contribution in [1.29, 1.82) is 0 Å². The van der Waals surface area contributed by atoms with Crippen molar-refractivity contribution in [2.24, 2.45) is 0 Å². The van der Waals surface area contributed by atoms with Crippen LogP contribution in [0.5, 0.6) is 0 Å². The van der Waals surface area contributed by atoms with Gasteiger partial charge in [-0.05, 0) is 12.5 Å². The number of amides is 1. The van der Waals surface area contributed by atoms with Crippen LogP contribution in [-0.2, 0) is 4.79 Å². The Labute approximate surface area is 117 Å². The molecular weight excluding hydrogens is 266 g/mol. The van der Waals surface area contributed by atoms with Crippen molar-refractivity contribution < 1.29 is 9.90 Å². The first kappa shape index (κ1) is 15.2. The van der Waals surface area contributed by atoms with Gasteiger partial charge >= 0.3 is 0 Å². The maximum absolute atomic E-state index is 12.6. The summed E-state index contributed by atoms with van der Waals surface area (Å²) in [5.74, 6) is 2.07. The van der Waals surface area contributed by atoms with Gasteiger partial charge in [0.05, 0.1) is 6.26 Å². The third-order valence-corrected chi connectivity index (χ3v) is 5.96. The van der Waals surface area contributed by atoms with Crippen LogP contribution in [0, 0.1) is 0 Å². The van der Waals surface area contributed by atoms with E-state index >= 15 is 0 Å². The lowest BCUT2D eigenvalue weighted by Crippen LogP contribution is -2.44. The third kappa shape index (κ3) is 3.59. The molecule has 5 heteroatoms. The standard InChI is InChI=1S/C13H19NO2S2/c1-3-6-13(17-10-11-18-13)12(16)14(7-4-2)8-5-9-15/h3-5,9,15H,1-2,6-8,10-11H2. The van der Waals surface area contributed by atoms with Crippen LogP contribution in [0.2, 0.25) is 0 Å². The lowest BCUT2D eigenvalue weighted by Gasteiger charge is -2.31. The Kier molecular flexibility index (Phi) is 6.43. The topological polar surface area (TPSA) is 40.5 Å². The molecule has 0 spiro atoms. The van der Waals surface area contributed by atoms with Crippen molar-refractivity contribution in [2.45, 2.75) is 10.5 Å². The summed E-state index contributed by atoms with van der Waals surface area (Å²) in [4.78, 5) is 14.3. The monoisotopic (exact) mass is 285 g/mol. The molecule has 0 aromatic carbocycles. The van der Waals surface area contributed by atoms with E-state index in [4.69, 9.17) is 5.11 Å². The van der Waals surface area contributed by atoms with Gasteiger partial charge in [0.1, 0.15) is 4.08 Å². The first-order valence-electron chi connectivity index (χ1n) is 5.78.